The molecule has 1 aliphatic heterocycles. The summed E-state index contributed by atoms with van der Waals surface area (Å²) in [5.41, 5.74) is 1.26. The van der Waals surface area contributed by atoms with Crippen molar-refractivity contribution in [2.75, 3.05) is 23.7 Å². The Kier molecular flexibility index (Phi) is 5.00. The van der Waals surface area contributed by atoms with Gasteiger partial charge in [0.05, 0.1) is 17.1 Å². The van der Waals surface area contributed by atoms with Crippen molar-refractivity contribution in [2.24, 2.45) is 0 Å². The first-order chi connectivity index (χ1) is 13.4. The topological polar surface area (TPSA) is 79.4 Å². The minimum atomic E-state index is -0.483. The molecule has 7 nitrogen and oxygen atoms in total. The van der Waals surface area contributed by atoms with E-state index in [-0.39, 0.29) is 12.1 Å². The zero-order valence-corrected chi connectivity index (χ0v) is 16.9. The van der Waals surface area contributed by atoms with Crippen molar-refractivity contribution in [3.8, 4) is 0 Å². The zero-order chi connectivity index (χ0) is 19.7. The molecule has 2 fully saturated rings. The van der Waals surface area contributed by atoms with Crippen LogP contribution >= 0.6 is 0 Å². The number of ether oxygens (including phenoxy) is 1. The number of anilines is 2. The zero-order valence-electron chi connectivity index (χ0n) is 16.9. The summed E-state index contributed by atoms with van der Waals surface area (Å²) in [6.07, 6.45) is 4.05. The number of aromatic nitrogens is 2. The summed E-state index contributed by atoms with van der Waals surface area (Å²) in [5.74, 6) is 1.55. The number of fused-ring (bicyclic) bond motifs is 1. The number of nitrogens with zero attached hydrogens (tertiary/aromatic N) is 3. The number of rotatable bonds is 5. The number of para-hydroxylation sites is 2. The van der Waals surface area contributed by atoms with Gasteiger partial charge in [-0.3, -0.25) is 0 Å². The smallest absolute Gasteiger partial charge is 0.410 e. The first-order valence-electron chi connectivity index (χ1n) is 10.2. The van der Waals surface area contributed by atoms with Crippen LogP contribution in [0.2, 0.25) is 0 Å². The molecule has 1 aromatic heterocycles. The van der Waals surface area contributed by atoms with Gasteiger partial charge in [-0.2, -0.15) is 0 Å². The second-order valence-corrected chi connectivity index (χ2v) is 8.68. The third-order valence-corrected chi connectivity index (χ3v) is 5.00. The van der Waals surface area contributed by atoms with Gasteiger partial charge in [0.2, 0.25) is 0 Å². The lowest BCUT2D eigenvalue weighted by Crippen LogP contribution is -2.42. The molecule has 0 spiro atoms. The maximum absolute atomic E-state index is 12.5. The summed E-state index contributed by atoms with van der Waals surface area (Å²) in [6.45, 7) is 7.06. The minimum absolute atomic E-state index is 0.0943. The van der Waals surface area contributed by atoms with Crippen LogP contribution in [0.15, 0.2) is 24.3 Å². The summed E-state index contributed by atoms with van der Waals surface area (Å²) in [7, 11) is 0. The van der Waals surface area contributed by atoms with Crippen molar-refractivity contribution in [3.63, 3.8) is 0 Å². The van der Waals surface area contributed by atoms with Crippen LogP contribution in [0.4, 0.5) is 16.4 Å². The van der Waals surface area contributed by atoms with Crippen molar-refractivity contribution < 1.29 is 9.53 Å². The van der Waals surface area contributed by atoms with E-state index in [1.165, 1.54) is 12.8 Å². The van der Waals surface area contributed by atoms with E-state index >= 15 is 0 Å². The van der Waals surface area contributed by atoms with Gasteiger partial charge in [-0.25, -0.2) is 14.8 Å². The average molecular weight is 383 g/mol. The molecule has 1 saturated heterocycles. The lowest BCUT2D eigenvalue weighted by molar-refractivity contribution is 0.0235. The molecule has 1 aliphatic carbocycles. The van der Waals surface area contributed by atoms with Gasteiger partial charge in [0.1, 0.15) is 5.60 Å². The summed E-state index contributed by atoms with van der Waals surface area (Å²) in [6, 6.07) is 8.47. The standard InChI is InChI=1S/C21H29N5O2/c1-21(2,3)28-20(27)26-12-6-7-15(26)13-22-18-19(23-14-10-11-14)25-17-9-5-4-8-16(17)24-18/h4-5,8-9,14-15H,6-7,10-13H2,1-3H3,(H,22,24)(H,23,25)/t15-/m1/s1. The Morgan fingerprint density at radius 2 is 1.82 bits per heavy atom. The molecular weight excluding hydrogens is 354 g/mol. The number of carbonyl (C=O) groups excluding carboxylic acids is 1. The highest BCUT2D eigenvalue weighted by Gasteiger charge is 2.32. The highest BCUT2D eigenvalue weighted by atomic mass is 16.6. The van der Waals surface area contributed by atoms with E-state index < -0.39 is 5.60 Å². The number of likely N-dealkylation sites (tertiary alicyclic amines) is 1. The molecule has 4 rings (SSSR count). The van der Waals surface area contributed by atoms with Crippen molar-refractivity contribution in [1.82, 2.24) is 14.9 Å². The molecule has 0 unspecified atom stereocenters. The van der Waals surface area contributed by atoms with Crippen LogP contribution in [0.25, 0.3) is 11.0 Å². The Bertz CT molecular complexity index is 859. The number of benzene rings is 1. The molecule has 7 heteroatoms. The van der Waals surface area contributed by atoms with E-state index in [2.05, 4.69) is 10.6 Å². The minimum Gasteiger partial charge on any atom is -0.444 e. The third kappa shape index (κ3) is 4.46. The normalized spacial score (nSPS) is 19.7. The molecule has 1 atom stereocenters. The van der Waals surface area contributed by atoms with Crippen LogP contribution in [0.3, 0.4) is 0 Å². The van der Waals surface area contributed by atoms with Crippen LogP contribution < -0.4 is 10.6 Å². The van der Waals surface area contributed by atoms with Crippen LogP contribution in [0.5, 0.6) is 0 Å². The maximum Gasteiger partial charge on any atom is 0.410 e. The molecule has 1 aromatic carbocycles. The van der Waals surface area contributed by atoms with Crippen molar-refractivity contribution in [2.45, 2.75) is 64.1 Å². The Labute approximate surface area is 165 Å². The summed E-state index contributed by atoms with van der Waals surface area (Å²) < 4.78 is 5.57. The second-order valence-electron chi connectivity index (χ2n) is 8.68. The SMILES string of the molecule is CC(C)(C)OC(=O)N1CCC[C@@H]1CNc1nc2ccccc2nc1NC1CC1. The first kappa shape index (κ1) is 18.8. The van der Waals surface area contributed by atoms with E-state index in [1.807, 2.05) is 49.9 Å². The molecule has 1 amide bonds. The largest absolute Gasteiger partial charge is 0.444 e. The van der Waals surface area contributed by atoms with E-state index in [0.29, 0.717) is 12.6 Å². The van der Waals surface area contributed by atoms with E-state index in [0.717, 1.165) is 42.1 Å². The highest BCUT2D eigenvalue weighted by Crippen LogP contribution is 2.29. The summed E-state index contributed by atoms with van der Waals surface area (Å²) in [4.78, 5) is 23.9. The van der Waals surface area contributed by atoms with Crippen LogP contribution in [0, 0.1) is 0 Å². The van der Waals surface area contributed by atoms with Crippen molar-refractivity contribution >= 4 is 28.8 Å². The Morgan fingerprint density at radius 3 is 2.46 bits per heavy atom. The Hall–Kier alpha value is -2.57. The molecule has 2 aliphatic rings. The molecule has 2 heterocycles. The number of carbonyl (C=O) groups is 1. The molecule has 150 valence electrons. The quantitative estimate of drug-likeness (QED) is 0.812. The lowest BCUT2D eigenvalue weighted by atomic mass is 10.2. The molecule has 0 radical (unpaired) electrons. The van der Waals surface area contributed by atoms with Gasteiger partial charge in [0, 0.05) is 19.1 Å². The van der Waals surface area contributed by atoms with Crippen LogP contribution in [-0.2, 0) is 4.74 Å². The fraction of sp³-hybridized carbons (Fsp3) is 0.571. The van der Waals surface area contributed by atoms with E-state index in [9.17, 15) is 4.79 Å². The van der Waals surface area contributed by atoms with Crippen molar-refractivity contribution in [1.29, 1.82) is 0 Å². The predicted octanol–water partition coefficient (Wildman–Crippen LogP) is 4.02. The summed E-state index contributed by atoms with van der Waals surface area (Å²) >= 11 is 0. The predicted molar refractivity (Wildman–Crippen MR) is 111 cm³/mol. The van der Waals surface area contributed by atoms with Gasteiger partial charge in [0.15, 0.2) is 11.6 Å². The third-order valence-electron chi connectivity index (χ3n) is 5.00. The van der Waals surface area contributed by atoms with Gasteiger partial charge in [-0.1, -0.05) is 12.1 Å². The fourth-order valence-corrected chi connectivity index (χ4v) is 3.47. The number of hydrogen-bond donors (Lipinski definition) is 2. The monoisotopic (exact) mass is 383 g/mol. The lowest BCUT2D eigenvalue weighted by Gasteiger charge is -2.29. The van der Waals surface area contributed by atoms with Gasteiger partial charge in [0.25, 0.3) is 0 Å². The second kappa shape index (κ2) is 7.45. The molecule has 0 bridgehead atoms. The fourth-order valence-electron chi connectivity index (χ4n) is 3.47. The Balaban J connectivity index is 1.48. The molecule has 28 heavy (non-hydrogen) atoms. The van der Waals surface area contributed by atoms with E-state index in [4.69, 9.17) is 14.7 Å². The van der Waals surface area contributed by atoms with Gasteiger partial charge in [-0.15, -0.1) is 0 Å². The van der Waals surface area contributed by atoms with Crippen LogP contribution in [0.1, 0.15) is 46.5 Å². The number of hydrogen-bond acceptors (Lipinski definition) is 6. The van der Waals surface area contributed by atoms with Crippen LogP contribution in [-0.4, -0.2) is 51.7 Å². The van der Waals surface area contributed by atoms with Gasteiger partial charge >= 0.3 is 6.09 Å². The number of nitrogens with one attached hydrogen (secondary N) is 2. The molecule has 1 saturated carbocycles. The van der Waals surface area contributed by atoms with Gasteiger partial charge < -0.3 is 20.3 Å². The van der Waals surface area contributed by atoms with Gasteiger partial charge in [-0.05, 0) is 58.6 Å². The maximum atomic E-state index is 12.5. The average Bonchev–Trinajstić information content (AvgIpc) is 3.32. The number of amides is 1. The molecule has 2 N–H and O–H groups in total. The highest BCUT2D eigenvalue weighted by molar-refractivity contribution is 5.80. The Morgan fingerprint density at radius 1 is 1.14 bits per heavy atom. The van der Waals surface area contributed by atoms with E-state index in [1.54, 1.807) is 0 Å². The summed E-state index contributed by atoms with van der Waals surface area (Å²) in [5, 5.41) is 6.92. The first-order valence-corrected chi connectivity index (χ1v) is 10.2. The molecular formula is C21H29N5O2. The van der Waals surface area contributed by atoms with Crippen molar-refractivity contribution in [3.05, 3.63) is 24.3 Å². The molecule has 2 aromatic rings.